The van der Waals surface area contributed by atoms with Gasteiger partial charge in [-0.3, -0.25) is 0 Å². The van der Waals surface area contributed by atoms with E-state index in [0.717, 1.165) is 5.56 Å². The van der Waals surface area contributed by atoms with Gasteiger partial charge in [-0.1, -0.05) is 17.7 Å². The van der Waals surface area contributed by atoms with Crippen LogP contribution in [0, 0.1) is 6.92 Å². The zero-order chi connectivity index (χ0) is 14.0. The summed E-state index contributed by atoms with van der Waals surface area (Å²) in [6, 6.07) is 6.31. The summed E-state index contributed by atoms with van der Waals surface area (Å²) < 4.78 is 22.7. The van der Waals surface area contributed by atoms with Crippen LogP contribution in [0.3, 0.4) is 0 Å². The lowest BCUT2D eigenvalue weighted by atomic mass is 10.2. The largest absolute Gasteiger partial charge is 0.333 e. The zero-order valence-corrected chi connectivity index (χ0v) is 12.0. The van der Waals surface area contributed by atoms with Crippen molar-refractivity contribution in [3.63, 3.8) is 0 Å². The number of amides is 2. The molecule has 0 bridgehead atoms. The van der Waals surface area contributed by atoms with Gasteiger partial charge in [-0.05, 0) is 19.1 Å². The Morgan fingerprint density at radius 2 is 1.89 bits per heavy atom. The maximum atomic E-state index is 11.7. The molecule has 1 aliphatic heterocycles. The fourth-order valence-corrected chi connectivity index (χ4v) is 4.46. The average molecular weight is 303 g/mol. The van der Waals surface area contributed by atoms with Crippen molar-refractivity contribution >= 4 is 33.2 Å². The van der Waals surface area contributed by atoms with Gasteiger partial charge in [0.2, 0.25) is 0 Å². The number of alkyl halides is 1. The van der Waals surface area contributed by atoms with Crippen molar-refractivity contribution < 1.29 is 13.2 Å². The SMILES string of the molecule is Cc1ccc(NC(=O)NC2CS(=O)(=O)CC2Cl)cc1. The van der Waals surface area contributed by atoms with Gasteiger partial charge in [0.15, 0.2) is 9.84 Å². The predicted molar refractivity (Wildman–Crippen MR) is 75.4 cm³/mol. The normalized spacial score (nSPS) is 24.9. The van der Waals surface area contributed by atoms with E-state index in [4.69, 9.17) is 11.6 Å². The van der Waals surface area contributed by atoms with Gasteiger partial charge in [0.05, 0.1) is 22.9 Å². The minimum atomic E-state index is -3.14. The molecule has 1 aromatic carbocycles. The van der Waals surface area contributed by atoms with Crippen molar-refractivity contribution in [3.8, 4) is 0 Å². The Balaban J connectivity index is 1.93. The zero-order valence-electron chi connectivity index (χ0n) is 10.4. The van der Waals surface area contributed by atoms with E-state index in [2.05, 4.69) is 10.6 Å². The number of hydrogen-bond acceptors (Lipinski definition) is 3. The van der Waals surface area contributed by atoms with E-state index in [-0.39, 0.29) is 11.5 Å². The number of anilines is 1. The van der Waals surface area contributed by atoms with Crippen LogP contribution in [0.25, 0.3) is 0 Å². The molecule has 104 valence electrons. The van der Waals surface area contributed by atoms with Crippen molar-refractivity contribution in [2.45, 2.75) is 18.3 Å². The Kier molecular flexibility index (Phi) is 4.01. The summed E-state index contributed by atoms with van der Waals surface area (Å²) in [5, 5.41) is 4.65. The molecule has 2 unspecified atom stereocenters. The second-order valence-electron chi connectivity index (χ2n) is 4.66. The molecule has 2 amide bonds. The molecule has 1 aliphatic rings. The van der Waals surface area contributed by atoms with Gasteiger partial charge in [-0.25, -0.2) is 13.2 Å². The first-order valence-corrected chi connectivity index (χ1v) is 8.10. The number of benzene rings is 1. The standard InChI is InChI=1S/C12H15ClN2O3S/c1-8-2-4-9(5-3-8)14-12(16)15-11-7-19(17,18)6-10(11)13/h2-5,10-11H,6-7H2,1H3,(H2,14,15,16). The second kappa shape index (κ2) is 5.38. The Bertz CT molecular complexity index is 571. The molecule has 2 rings (SSSR count). The highest BCUT2D eigenvalue weighted by Crippen LogP contribution is 2.18. The maximum Gasteiger partial charge on any atom is 0.319 e. The molecule has 0 saturated carbocycles. The average Bonchev–Trinajstić information content (AvgIpc) is 2.55. The molecule has 0 radical (unpaired) electrons. The summed E-state index contributed by atoms with van der Waals surface area (Å²) in [5.41, 5.74) is 1.74. The smallest absolute Gasteiger partial charge is 0.319 e. The number of sulfone groups is 1. The quantitative estimate of drug-likeness (QED) is 0.813. The van der Waals surface area contributed by atoms with Gasteiger partial charge >= 0.3 is 6.03 Å². The van der Waals surface area contributed by atoms with E-state index in [9.17, 15) is 13.2 Å². The minimum absolute atomic E-state index is 0.0932. The van der Waals surface area contributed by atoms with Gasteiger partial charge < -0.3 is 10.6 Å². The number of nitrogens with one attached hydrogen (secondary N) is 2. The molecular formula is C12H15ClN2O3S. The monoisotopic (exact) mass is 302 g/mol. The third-order valence-electron chi connectivity index (χ3n) is 2.91. The first kappa shape index (κ1) is 14.1. The molecule has 2 N–H and O–H groups in total. The van der Waals surface area contributed by atoms with Crippen LogP contribution < -0.4 is 10.6 Å². The number of rotatable bonds is 2. The second-order valence-corrected chi connectivity index (χ2v) is 7.38. The number of aryl methyl sites for hydroxylation is 1. The van der Waals surface area contributed by atoms with E-state index < -0.39 is 27.3 Å². The van der Waals surface area contributed by atoms with E-state index in [1.165, 1.54) is 0 Å². The number of urea groups is 1. The first-order valence-electron chi connectivity index (χ1n) is 5.84. The highest BCUT2D eigenvalue weighted by atomic mass is 35.5. The van der Waals surface area contributed by atoms with Crippen molar-refractivity contribution in [3.05, 3.63) is 29.8 Å². The number of halogens is 1. The predicted octanol–water partition coefficient (Wildman–Crippen LogP) is 1.52. The van der Waals surface area contributed by atoms with E-state index in [1.54, 1.807) is 12.1 Å². The summed E-state index contributed by atoms with van der Waals surface area (Å²) in [7, 11) is -3.14. The topological polar surface area (TPSA) is 75.3 Å². The molecule has 1 saturated heterocycles. The van der Waals surface area contributed by atoms with Crippen LogP contribution in [0.5, 0.6) is 0 Å². The van der Waals surface area contributed by atoms with Crippen LogP contribution in [0.4, 0.5) is 10.5 Å². The molecule has 0 aliphatic carbocycles. The lowest BCUT2D eigenvalue weighted by Gasteiger charge is -2.15. The molecule has 0 spiro atoms. The van der Waals surface area contributed by atoms with Gasteiger partial charge in [0, 0.05) is 5.69 Å². The summed E-state index contributed by atoms with van der Waals surface area (Å²) in [6.45, 7) is 1.95. The Hall–Kier alpha value is -1.27. The fraction of sp³-hybridized carbons (Fsp3) is 0.417. The third kappa shape index (κ3) is 3.84. The van der Waals surface area contributed by atoms with Crippen LogP contribution in [0.1, 0.15) is 5.56 Å². The minimum Gasteiger partial charge on any atom is -0.333 e. The summed E-state index contributed by atoms with van der Waals surface area (Å²) in [4.78, 5) is 11.7. The van der Waals surface area contributed by atoms with Gasteiger partial charge in [-0.2, -0.15) is 0 Å². The van der Waals surface area contributed by atoms with Crippen molar-refractivity contribution in [2.75, 3.05) is 16.8 Å². The van der Waals surface area contributed by atoms with E-state index in [0.29, 0.717) is 5.69 Å². The van der Waals surface area contributed by atoms with E-state index >= 15 is 0 Å². The number of carbonyl (C=O) groups is 1. The molecular weight excluding hydrogens is 288 g/mol. The lowest BCUT2D eigenvalue weighted by molar-refractivity contribution is 0.249. The van der Waals surface area contributed by atoms with Crippen LogP contribution in [0.2, 0.25) is 0 Å². The summed E-state index contributed by atoms with van der Waals surface area (Å²) in [6.07, 6.45) is 0. The Morgan fingerprint density at radius 1 is 1.26 bits per heavy atom. The van der Waals surface area contributed by atoms with Crippen molar-refractivity contribution in [1.29, 1.82) is 0 Å². The molecule has 1 heterocycles. The van der Waals surface area contributed by atoms with Crippen LogP contribution in [0.15, 0.2) is 24.3 Å². The highest BCUT2D eigenvalue weighted by Gasteiger charge is 2.37. The first-order chi connectivity index (χ1) is 8.85. The van der Waals surface area contributed by atoms with Gasteiger partial charge in [0.1, 0.15) is 0 Å². The lowest BCUT2D eigenvalue weighted by Crippen LogP contribution is -2.42. The third-order valence-corrected chi connectivity index (χ3v) is 5.28. The van der Waals surface area contributed by atoms with Crippen molar-refractivity contribution in [1.82, 2.24) is 5.32 Å². The molecule has 19 heavy (non-hydrogen) atoms. The maximum absolute atomic E-state index is 11.7. The van der Waals surface area contributed by atoms with Crippen LogP contribution in [-0.2, 0) is 9.84 Å². The van der Waals surface area contributed by atoms with Crippen LogP contribution >= 0.6 is 11.6 Å². The molecule has 5 nitrogen and oxygen atoms in total. The van der Waals surface area contributed by atoms with Crippen LogP contribution in [-0.4, -0.2) is 37.4 Å². The van der Waals surface area contributed by atoms with Crippen molar-refractivity contribution in [2.24, 2.45) is 0 Å². The van der Waals surface area contributed by atoms with Gasteiger partial charge in [0.25, 0.3) is 0 Å². The highest BCUT2D eigenvalue weighted by molar-refractivity contribution is 7.91. The Labute approximate surface area is 117 Å². The number of carbonyl (C=O) groups excluding carboxylic acids is 1. The number of hydrogen-bond donors (Lipinski definition) is 2. The molecule has 1 aromatic rings. The molecule has 0 aromatic heterocycles. The molecule has 7 heteroatoms. The van der Waals surface area contributed by atoms with E-state index in [1.807, 2.05) is 19.1 Å². The molecule has 1 fully saturated rings. The summed E-state index contributed by atoms with van der Waals surface area (Å²) >= 11 is 5.91. The van der Waals surface area contributed by atoms with Gasteiger partial charge in [-0.15, -0.1) is 11.6 Å². The summed E-state index contributed by atoms with van der Waals surface area (Å²) in [5.74, 6) is -0.202. The molecule has 2 atom stereocenters. The Morgan fingerprint density at radius 3 is 2.42 bits per heavy atom. The fourth-order valence-electron chi connectivity index (χ4n) is 1.91.